The minimum Gasteiger partial charge on any atom is -0.507 e. The maximum absolute atomic E-state index is 13.1. The Morgan fingerprint density at radius 2 is 1.17 bits per heavy atom. The molecule has 0 fully saturated rings. The molecule has 8 aromatic rings. The first-order chi connectivity index (χ1) is 45.0. The molecule has 0 atom stereocenters. The number of nitrogens with zero attached hydrogens (tertiary/aromatic N) is 3. The van der Waals surface area contributed by atoms with Gasteiger partial charge in [-0.25, -0.2) is 4.98 Å². The number of rotatable bonds is 6. The van der Waals surface area contributed by atoms with Crippen molar-refractivity contribution in [1.29, 1.82) is 0 Å². The van der Waals surface area contributed by atoms with E-state index in [1.54, 1.807) is 63.2 Å². The molecule has 338 valence electrons. The molecule has 0 aliphatic rings. The van der Waals surface area contributed by atoms with Crippen LogP contribution in [-0.2, 0) is 27.1 Å². The van der Waals surface area contributed by atoms with Gasteiger partial charge in [-0.3, -0.25) is 9.55 Å². The first-order valence-corrected chi connectivity index (χ1v) is 20.8. The molecule has 0 unspecified atom stereocenters. The van der Waals surface area contributed by atoms with E-state index in [0.717, 1.165) is 5.56 Å². The second-order valence-corrected chi connectivity index (χ2v) is 18.5. The van der Waals surface area contributed by atoms with Crippen LogP contribution in [0.1, 0.15) is 178 Å². The van der Waals surface area contributed by atoms with Gasteiger partial charge in [0.05, 0.1) is 31.9 Å². The molecule has 0 aliphatic heterocycles. The third kappa shape index (κ3) is 9.12. The highest BCUT2D eigenvalue weighted by Gasteiger charge is 2.30. The van der Waals surface area contributed by atoms with E-state index in [9.17, 15) is 9.22 Å². The molecule has 1 N–H and O–H groups in total. The van der Waals surface area contributed by atoms with Gasteiger partial charge >= 0.3 is 0 Å². The van der Waals surface area contributed by atoms with E-state index in [4.69, 9.17) is 47.5 Å². The normalized spacial score (nSPS) is 22.1. The Bertz CT molecular complexity index is 4380. The van der Waals surface area contributed by atoms with Crippen molar-refractivity contribution in [2.75, 3.05) is 0 Å². The molecule has 6 aromatic carbocycles. The molecule has 8 rings (SSSR count). The Morgan fingerprint density at radius 3 is 1.83 bits per heavy atom. The Balaban J connectivity index is 1.60. The average Bonchev–Trinajstić information content (AvgIpc) is 1.61. The van der Waals surface area contributed by atoms with Crippen molar-refractivity contribution in [3.8, 4) is 67.5 Å². The molecule has 0 amide bonds. The van der Waals surface area contributed by atoms with Gasteiger partial charge in [0, 0.05) is 65.6 Å². The first kappa shape index (κ1) is 20.3. The summed E-state index contributed by atoms with van der Waals surface area (Å²) >= 11 is 0. The molecule has 2 aromatic heterocycles. The van der Waals surface area contributed by atoms with Crippen molar-refractivity contribution in [2.45, 2.75) is 130 Å². The van der Waals surface area contributed by atoms with E-state index in [2.05, 4.69) is 4.98 Å². The van der Waals surface area contributed by atoms with Gasteiger partial charge < -0.3 is 5.11 Å². The lowest BCUT2D eigenvalue weighted by Gasteiger charge is -2.28. The Kier molecular flexibility index (Phi) is 5.10. The second-order valence-electron chi connectivity index (χ2n) is 18.5. The summed E-state index contributed by atoms with van der Waals surface area (Å²) in [6.45, 7) is -26.6. The lowest BCUT2D eigenvalue weighted by molar-refractivity contribution is 0.446. The van der Waals surface area contributed by atoms with Crippen LogP contribution >= 0.6 is 0 Å². The van der Waals surface area contributed by atoms with Crippen molar-refractivity contribution < 1.29 is 51.7 Å². The van der Waals surface area contributed by atoms with Gasteiger partial charge in [-0.1, -0.05) is 188 Å². The fourth-order valence-corrected chi connectivity index (χ4v) is 7.80. The predicted molar refractivity (Wildman–Crippen MR) is 281 cm³/mol. The largest absolute Gasteiger partial charge is 0.507 e. The van der Waals surface area contributed by atoms with E-state index in [-0.39, 0.29) is 39.5 Å². The van der Waals surface area contributed by atoms with E-state index in [1.165, 1.54) is 34.9 Å². The molecular weight excluding hydrogens is 803 g/mol. The number of benzene rings is 6. The molecule has 0 saturated heterocycles. The van der Waals surface area contributed by atoms with Crippen molar-refractivity contribution in [3.05, 3.63) is 167 Å². The molecule has 0 bridgehead atoms. The van der Waals surface area contributed by atoms with Gasteiger partial charge in [-0.15, -0.1) is 0 Å². The van der Waals surface area contributed by atoms with Crippen molar-refractivity contribution in [3.63, 3.8) is 0 Å². The first-order valence-electron chi connectivity index (χ1n) is 37.8. The maximum atomic E-state index is 13.1. The number of hydrogen-bond acceptors (Lipinski definition) is 3. The molecule has 0 spiro atoms. The highest BCUT2D eigenvalue weighted by Crippen LogP contribution is 2.46. The van der Waals surface area contributed by atoms with Crippen molar-refractivity contribution in [2.24, 2.45) is 0 Å². The summed E-state index contributed by atoms with van der Waals surface area (Å²) in [6, 6.07) is 16.6. The highest BCUT2D eigenvalue weighted by atomic mass is 16.3. The second kappa shape index (κ2) is 16.6. The van der Waals surface area contributed by atoms with Gasteiger partial charge in [0.15, 0.2) is 0 Å². The number of phenols is 1. The predicted octanol–water partition coefficient (Wildman–Crippen LogP) is 16.9. The number of fused-ring (bicyclic) bond motifs is 1. The summed E-state index contributed by atoms with van der Waals surface area (Å²) in [6.07, 6.45) is -0.940. The van der Waals surface area contributed by atoms with E-state index >= 15 is 0 Å². The van der Waals surface area contributed by atoms with Gasteiger partial charge in [-0.05, 0) is 126 Å². The zero-order valence-electron chi connectivity index (χ0n) is 71.0. The Morgan fingerprint density at radius 1 is 0.500 bits per heavy atom. The fraction of sp³-hybridized carbons (Fsp3) is 0.323. The maximum Gasteiger partial charge on any atom is 0.149 e. The molecule has 4 nitrogen and oxygen atoms in total. The minimum absolute atomic E-state index is 0.0243. The van der Waals surface area contributed by atoms with E-state index < -0.39 is 182 Å². The number of hydrogen-bond donors (Lipinski definition) is 1. The van der Waals surface area contributed by atoms with Crippen LogP contribution < -0.4 is 0 Å². The Hall–Kier alpha value is -6.26. The quantitative estimate of drug-likeness (QED) is 0.181. The number of phenolic OH excluding ortho intramolecular Hbond substituents is 1. The fourth-order valence-electron chi connectivity index (χ4n) is 7.80. The van der Waals surface area contributed by atoms with Crippen LogP contribution in [0.3, 0.4) is 0 Å². The molecule has 4 heteroatoms. The highest BCUT2D eigenvalue weighted by molar-refractivity contribution is 5.97. The van der Waals surface area contributed by atoms with Crippen LogP contribution in [0.4, 0.5) is 0 Å². The summed E-state index contributed by atoms with van der Waals surface area (Å²) in [4.78, 5) is 9.35. The molecule has 0 saturated carbocycles. The topological polar surface area (TPSA) is 50.9 Å². The average molecular weight is 906 g/mol. The van der Waals surface area contributed by atoms with Crippen LogP contribution in [-0.4, -0.2) is 19.6 Å². The van der Waals surface area contributed by atoms with Crippen LogP contribution in [0.5, 0.6) is 5.75 Å². The molecule has 0 radical (unpaired) electrons. The summed E-state index contributed by atoms with van der Waals surface area (Å²) in [5.74, 6) is -2.15. The van der Waals surface area contributed by atoms with Crippen LogP contribution in [0, 0.1) is 0 Å². The summed E-state index contributed by atoms with van der Waals surface area (Å²) < 4.78 is 299. The van der Waals surface area contributed by atoms with Gasteiger partial charge in [0.1, 0.15) is 11.6 Å². The van der Waals surface area contributed by atoms with E-state index in [0.29, 0.717) is 22.8 Å². The van der Waals surface area contributed by atoms with Gasteiger partial charge in [0.25, 0.3) is 0 Å². The molecule has 0 aliphatic carbocycles. The number of imidazole rings is 1. The van der Waals surface area contributed by atoms with Gasteiger partial charge in [-0.2, -0.15) is 0 Å². The monoisotopic (exact) mass is 906 g/mol. The number of aromatic hydroxyl groups is 1. The number of para-hydroxylation sites is 1. The SMILES string of the molecule is [2H]c1nc(-c2cc(-c3cccc4c3nc(-c3cc(C(C([2H])([2H])[2H])(C([2H])([2H])[2H])C([2H])([2H])[2H])cc(C(C([2H])([2H])[2H])(C([2H])([2H])[2H])C([2H])([2H])[2H])c3O)n4-c3ccc(-c4ccccc4)c(C(C)(C)C)c3)cc(C(C)(C)C)c2)c([2H])c(-c2c([2H])c([2H])c(C(C([2H])([2H])[2H])(C([2H])([2H])[2H])C([2H])([2H])[2H])c([2H])c2[2H])c1[2H]. The summed E-state index contributed by atoms with van der Waals surface area (Å²) in [5, 5.41) is 13.1. The van der Waals surface area contributed by atoms with Crippen molar-refractivity contribution in [1.82, 2.24) is 14.5 Å². The van der Waals surface area contributed by atoms with Crippen LogP contribution in [0.15, 0.2) is 139 Å². The molecule has 2 heterocycles. The lowest BCUT2D eigenvalue weighted by Crippen LogP contribution is -2.17. The minimum atomic E-state index is -4.29. The van der Waals surface area contributed by atoms with Gasteiger partial charge in [0.2, 0.25) is 0 Å². The lowest BCUT2D eigenvalue weighted by atomic mass is 9.78. The zero-order valence-corrected chi connectivity index (χ0v) is 37.0. The molecule has 66 heavy (non-hydrogen) atoms. The summed E-state index contributed by atoms with van der Waals surface area (Å²) in [7, 11) is 0. The molecular formula is C62H69N3O. The van der Waals surface area contributed by atoms with Crippen LogP contribution in [0.2, 0.25) is 0 Å². The van der Waals surface area contributed by atoms with E-state index in [1.807, 2.05) is 32.9 Å². The summed E-state index contributed by atoms with van der Waals surface area (Å²) in [5.41, 5.74) is -19.2. The van der Waals surface area contributed by atoms with Crippen LogP contribution in [0.25, 0.3) is 72.7 Å². The number of pyridine rings is 1. The third-order valence-electron chi connectivity index (χ3n) is 11.3. The van der Waals surface area contributed by atoms with Crippen molar-refractivity contribution >= 4 is 11.0 Å². The standard InChI is InChI=1S/C62H69N3O/c1-58(2,3)44-26-24-39(25-27-44)41-30-31-63-53(35-41)43-32-42(33-45(34-43)59(4,5)6)49-22-19-23-54-55(49)64-57(50-36-46(60(7,8)9)37-52(56(50)66)62(13,14)15)65(54)47-28-29-48(40-20-17-16-18-21-40)51(38-47)61(10,11)12/h16-38,66H,1-15H3/i1D3,2D3,3D3,7D3,8D3,9D3,13D3,14D3,15D3,24D,25D,26D,27D,30D,31D,35D. The third-order valence-corrected chi connectivity index (χ3v) is 11.3. The zero-order chi connectivity index (χ0) is 76.3. The number of aromatic nitrogens is 3. The Labute approximate surface area is 442 Å². The smallest absolute Gasteiger partial charge is 0.149 e.